The second kappa shape index (κ2) is 5.30. The minimum Gasteiger partial charge on any atom is -0.294 e. The predicted molar refractivity (Wildman–Crippen MR) is 99.8 cm³/mol. The molecule has 0 atom stereocenters. The standard InChI is InChI=1S/C15H3Br4NO4/c16-10-4-2(21)1-3(22)5-6(4)7-8(12(10)18)14(23)20-15(24)9(7)13(19)11(5)17/h1H2,(H,20,23,24). The molecule has 1 aliphatic heterocycles. The zero-order chi connectivity index (χ0) is 17.5. The van der Waals surface area contributed by atoms with E-state index in [0.29, 0.717) is 39.8 Å². The molecule has 0 fully saturated rings. The minimum absolute atomic E-state index is 0.215. The van der Waals surface area contributed by atoms with E-state index in [4.69, 9.17) is 0 Å². The van der Waals surface area contributed by atoms with Gasteiger partial charge in [-0.1, -0.05) is 0 Å². The number of rotatable bonds is 0. The van der Waals surface area contributed by atoms with Gasteiger partial charge < -0.3 is 0 Å². The topological polar surface area (TPSA) is 80.3 Å². The zero-order valence-electron chi connectivity index (χ0n) is 11.4. The van der Waals surface area contributed by atoms with Crippen LogP contribution in [0.25, 0.3) is 10.8 Å². The Kier molecular flexibility index (Phi) is 3.66. The van der Waals surface area contributed by atoms with E-state index in [0.717, 1.165) is 0 Å². The first kappa shape index (κ1) is 16.6. The van der Waals surface area contributed by atoms with Gasteiger partial charge in [0, 0.05) is 39.8 Å². The molecule has 0 bridgehead atoms. The molecule has 1 N–H and O–H groups in total. The molecule has 4 rings (SSSR count). The molecule has 24 heavy (non-hydrogen) atoms. The van der Waals surface area contributed by atoms with Gasteiger partial charge in [0.1, 0.15) is 0 Å². The number of hydrogen-bond acceptors (Lipinski definition) is 4. The van der Waals surface area contributed by atoms with Crippen molar-refractivity contribution in [1.82, 2.24) is 5.32 Å². The molecule has 2 aromatic carbocycles. The van der Waals surface area contributed by atoms with Gasteiger partial charge in [-0.05, 0) is 63.7 Å². The van der Waals surface area contributed by atoms with Crippen molar-refractivity contribution >= 4 is 97.9 Å². The highest BCUT2D eigenvalue weighted by Crippen LogP contribution is 2.49. The molecule has 2 aliphatic rings. The summed E-state index contributed by atoms with van der Waals surface area (Å²) in [6.45, 7) is 0. The van der Waals surface area contributed by atoms with Crippen molar-refractivity contribution in [3.63, 3.8) is 0 Å². The van der Waals surface area contributed by atoms with Crippen molar-refractivity contribution in [2.45, 2.75) is 6.42 Å². The predicted octanol–water partition coefficient (Wildman–Crippen LogP) is 4.54. The van der Waals surface area contributed by atoms with Gasteiger partial charge in [0.15, 0.2) is 11.6 Å². The Morgan fingerprint density at radius 1 is 0.583 bits per heavy atom. The molecule has 0 saturated carbocycles. The average Bonchev–Trinajstić information content (AvgIpc) is 2.49. The summed E-state index contributed by atoms with van der Waals surface area (Å²) in [4.78, 5) is 49.6. The molecule has 0 radical (unpaired) electrons. The number of benzene rings is 2. The SMILES string of the molecule is O=C1CC(=O)c2c(Br)c(Br)c3c4c(c(Br)c(Br)c1c24)C(=O)NC3=O. The summed E-state index contributed by atoms with van der Waals surface area (Å²) < 4.78 is 1.54. The molecular weight excluding hydrogens is 578 g/mol. The third kappa shape index (κ3) is 1.89. The number of carbonyl (C=O) groups excluding carboxylic acids is 4. The lowest BCUT2D eigenvalue weighted by atomic mass is 9.82. The van der Waals surface area contributed by atoms with Crippen LogP contribution in [0.1, 0.15) is 47.9 Å². The molecule has 9 heteroatoms. The molecule has 0 spiro atoms. The minimum atomic E-state index is -0.586. The van der Waals surface area contributed by atoms with E-state index in [1.54, 1.807) is 0 Å². The van der Waals surface area contributed by atoms with E-state index >= 15 is 0 Å². The van der Waals surface area contributed by atoms with Gasteiger partial charge in [-0.15, -0.1) is 0 Å². The largest absolute Gasteiger partial charge is 0.294 e. The first-order chi connectivity index (χ1) is 11.3. The Hall–Kier alpha value is -0.900. The summed E-state index contributed by atoms with van der Waals surface area (Å²) in [7, 11) is 0. The van der Waals surface area contributed by atoms with Crippen molar-refractivity contribution in [3.05, 3.63) is 40.1 Å². The summed E-state index contributed by atoms with van der Waals surface area (Å²) in [6, 6.07) is 0. The van der Waals surface area contributed by atoms with E-state index in [-0.39, 0.29) is 29.1 Å². The van der Waals surface area contributed by atoms with Gasteiger partial charge in [0.25, 0.3) is 11.8 Å². The molecule has 0 saturated heterocycles. The third-order valence-electron chi connectivity index (χ3n) is 4.07. The van der Waals surface area contributed by atoms with Crippen LogP contribution in [0.3, 0.4) is 0 Å². The summed E-state index contributed by atoms with van der Waals surface area (Å²) in [6.07, 6.45) is -0.267. The van der Waals surface area contributed by atoms with Gasteiger partial charge >= 0.3 is 0 Å². The second-order valence-electron chi connectivity index (χ2n) is 5.31. The lowest BCUT2D eigenvalue weighted by Gasteiger charge is -2.27. The lowest BCUT2D eigenvalue weighted by Crippen LogP contribution is -2.36. The van der Waals surface area contributed by atoms with Gasteiger partial charge in [0.05, 0.1) is 17.5 Å². The van der Waals surface area contributed by atoms with Gasteiger partial charge in [-0.25, -0.2) is 0 Å². The molecule has 0 aromatic heterocycles. The molecule has 0 unspecified atom stereocenters. The summed E-state index contributed by atoms with van der Waals surface area (Å²) >= 11 is 13.4. The molecule has 5 nitrogen and oxygen atoms in total. The van der Waals surface area contributed by atoms with Crippen LogP contribution in [0, 0.1) is 0 Å². The molecule has 2 aromatic rings. The molecule has 1 heterocycles. The Morgan fingerprint density at radius 3 is 1.33 bits per heavy atom. The van der Waals surface area contributed by atoms with Crippen molar-refractivity contribution in [2.75, 3.05) is 0 Å². The van der Waals surface area contributed by atoms with Gasteiger partial charge in [-0.3, -0.25) is 24.5 Å². The average molecular weight is 581 g/mol. The van der Waals surface area contributed by atoms with Crippen molar-refractivity contribution in [2.24, 2.45) is 0 Å². The Labute approximate surface area is 168 Å². The van der Waals surface area contributed by atoms with Gasteiger partial charge in [-0.2, -0.15) is 0 Å². The van der Waals surface area contributed by atoms with Crippen LogP contribution in [0.4, 0.5) is 0 Å². The maximum absolute atomic E-state index is 12.5. The Bertz CT molecular complexity index is 911. The fraction of sp³-hybridized carbons (Fsp3) is 0.0667. The number of nitrogens with one attached hydrogen (secondary N) is 1. The monoisotopic (exact) mass is 577 g/mol. The van der Waals surface area contributed by atoms with Crippen molar-refractivity contribution in [3.8, 4) is 0 Å². The Balaban J connectivity index is 2.45. The number of halogens is 4. The van der Waals surface area contributed by atoms with E-state index < -0.39 is 11.8 Å². The quantitative estimate of drug-likeness (QED) is 0.367. The highest BCUT2D eigenvalue weighted by atomic mass is 79.9. The van der Waals surface area contributed by atoms with Crippen molar-refractivity contribution in [1.29, 1.82) is 0 Å². The van der Waals surface area contributed by atoms with Crippen LogP contribution in [0.5, 0.6) is 0 Å². The fourth-order valence-electron chi connectivity index (χ4n) is 3.13. The van der Waals surface area contributed by atoms with Crippen LogP contribution < -0.4 is 5.32 Å². The van der Waals surface area contributed by atoms with Crippen LogP contribution in [-0.2, 0) is 0 Å². The molecule has 2 amide bonds. The Morgan fingerprint density at radius 2 is 0.917 bits per heavy atom. The van der Waals surface area contributed by atoms with Crippen LogP contribution in [0.2, 0.25) is 0 Å². The molecular formula is C15H3Br4NO4. The number of carbonyl (C=O) groups is 4. The first-order valence-corrected chi connectivity index (χ1v) is 9.70. The highest BCUT2D eigenvalue weighted by Gasteiger charge is 2.39. The third-order valence-corrected chi connectivity index (χ3v) is 8.31. The zero-order valence-corrected chi connectivity index (χ0v) is 17.7. The van der Waals surface area contributed by atoms with E-state index in [1.807, 2.05) is 0 Å². The van der Waals surface area contributed by atoms with E-state index in [1.165, 1.54) is 0 Å². The van der Waals surface area contributed by atoms with Crippen LogP contribution in [-0.4, -0.2) is 23.4 Å². The van der Waals surface area contributed by atoms with E-state index in [9.17, 15) is 19.2 Å². The molecule has 1 aliphatic carbocycles. The maximum atomic E-state index is 12.5. The van der Waals surface area contributed by atoms with E-state index in [2.05, 4.69) is 69.0 Å². The summed E-state index contributed by atoms with van der Waals surface area (Å²) in [5.41, 5.74) is 1.03. The number of hydrogen-bond donors (Lipinski definition) is 1. The summed E-state index contributed by atoms with van der Waals surface area (Å²) in [5, 5.41) is 2.91. The van der Waals surface area contributed by atoms with Crippen molar-refractivity contribution < 1.29 is 19.2 Å². The first-order valence-electron chi connectivity index (χ1n) is 6.53. The lowest BCUT2D eigenvalue weighted by molar-refractivity contribution is 0.0835. The smallest absolute Gasteiger partial charge is 0.259 e. The van der Waals surface area contributed by atoms with Gasteiger partial charge in [0.2, 0.25) is 0 Å². The maximum Gasteiger partial charge on any atom is 0.259 e. The molecule has 120 valence electrons. The number of ketones is 2. The number of Topliss-reactive ketones (excluding diaryl/α,β-unsaturated/α-hetero) is 2. The summed E-state index contributed by atoms with van der Waals surface area (Å²) in [5.74, 6) is -1.88. The second-order valence-corrected chi connectivity index (χ2v) is 8.48. The van der Waals surface area contributed by atoms with Crippen LogP contribution in [0.15, 0.2) is 17.9 Å². The highest BCUT2D eigenvalue weighted by molar-refractivity contribution is 9.13. The van der Waals surface area contributed by atoms with Crippen LogP contribution >= 0.6 is 63.7 Å². The number of imide groups is 1. The number of amides is 2. The normalized spacial score (nSPS) is 16.0. The fourth-order valence-corrected chi connectivity index (χ4v) is 5.52.